The number of nitrogens with one attached hydrogen (secondary N) is 2. The Kier molecular flexibility index (Phi) is 3.51. The van der Waals surface area contributed by atoms with Crippen molar-refractivity contribution in [2.24, 2.45) is 0 Å². The highest BCUT2D eigenvalue weighted by Gasteiger charge is 2.15. The summed E-state index contributed by atoms with van der Waals surface area (Å²) in [5.41, 5.74) is 4.02. The second-order valence-electron chi connectivity index (χ2n) is 4.79. The normalized spacial score (nSPS) is 10.3. The van der Waals surface area contributed by atoms with Crippen molar-refractivity contribution in [2.75, 3.05) is 5.32 Å². The van der Waals surface area contributed by atoms with Crippen LogP contribution < -0.4 is 5.32 Å². The number of aromatic amines is 1. The van der Waals surface area contributed by atoms with Crippen LogP contribution >= 0.6 is 0 Å². The number of amides is 1. The minimum atomic E-state index is -0.170. The van der Waals surface area contributed by atoms with Crippen LogP contribution in [-0.2, 0) is 0 Å². The molecular weight excluding hydrogens is 262 g/mol. The summed E-state index contributed by atoms with van der Waals surface area (Å²) >= 11 is 0. The number of hydrogen-bond acceptors (Lipinski definition) is 2. The van der Waals surface area contributed by atoms with Gasteiger partial charge in [-0.05, 0) is 18.6 Å². The summed E-state index contributed by atoms with van der Waals surface area (Å²) in [5.74, 6) is -0.170. The zero-order valence-electron chi connectivity index (χ0n) is 11.6. The predicted molar refractivity (Wildman–Crippen MR) is 83.2 cm³/mol. The van der Waals surface area contributed by atoms with Gasteiger partial charge in [-0.2, -0.15) is 5.10 Å². The van der Waals surface area contributed by atoms with Crippen LogP contribution in [0.3, 0.4) is 0 Å². The second-order valence-corrected chi connectivity index (χ2v) is 4.79. The maximum atomic E-state index is 12.5. The molecule has 0 spiro atoms. The van der Waals surface area contributed by atoms with E-state index in [-0.39, 0.29) is 5.91 Å². The fraction of sp³-hybridized carbons (Fsp3) is 0.0588. The molecule has 3 aromatic rings. The summed E-state index contributed by atoms with van der Waals surface area (Å²) in [6.45, 7) is 1.96. The molecule has 1 heterocycles. The Bertz CT molecular complexity index is 762. The van der Waals surface area contributed by atoms with Crippen LogP contribution in [0, 0.1) is 6.92 Å². The van der Waals surface area contributed by atoms with Crippen LogP contribution in [-0.4, -0.2) is 16.1 Å². The Hall–Kier alpha value is -2.88. The van der Waals surface area contributed by atoms with Crippen molar-refractivity contribution in [3.05, 3.63) is 71.9 Å². The molecule has 0 unspecified atom stereocenters. The monoisotopic (exact) mass is 277 g/mol. The van der Waals surface area contributed by atoms with Gasteiger partial charge in [0.1, 0.15) is 0 Å². The minimum Gasteiger partial charge on any atom is -0.322 e. The summed E-state index contributed by atoms with van der Waals surface area (Å²) in [4.78, 5) is 12.5. The molecule has 0 bridgehead atoms. The number of aryl methyl sites for hydroxylation is 1. The molecule has 0 aliphatic heterocycles. The Labute approximate surface area is 122 Å². The second kappa shape index (κ2) is 5.63. The number of carbonyl (C=O) groups excluding carboxylic acids is 1. The molecule has 0 atom stereocenters. The summed E-state index contributed by atoms with van der Waals surface area (Å²) in [6.07, 6.45) is 1.55. The topological polar surface area (TPSA) is 57.8 Å². The van der Waals surface area contributed by atoms with Gasteiger partial charge in [-0.25, -0.2) is 0 Å². The Morgan fingerprint density at radius 2 is 1.76 bits per heavy atom. The molecule has 0 aliphatic rings. The van der Waals surface area contributed by atoms with Crippen molar-refractivity contribution in [2.45, 2.75) is 6.92 Å². The first kappa shape index (κ1) is 13.1. The third-order valence-corrected chi connectivity index (χ3v) is 3.34. The van der Waals surface area contributed by atoms with E-state index in [0.29, 0.717) is 5.56 Å². The number of para-hydroxylation sites is 1. The first-order valence-corrected chi connectivity index (χ1v) is 6.71. The van der Waals surface area contributed by atoms with Crippen LogP contribution in [0.4, 0.5) is 5.69 Å². The maximum Gasteiger partial charge on any atom is 0.259 e. The van der Waals surface area contributed by atoms with E-state index in [9.17, 15) is 4.79 Å². The van der Waals surface area contributed by atoms with E-state index in [4.69, 9.17) is 0 Å². The first-order chi connectivity index (χ1) is 10.3. The molecule has 4 nitrogen and oxygen atoms in total. The van der Waals surface area contributed by atoms with Gasteiger partial charge >= 0.3 is 0 Å². The molecule has 0 saturated heterocycles. The summed E-state index contributed by atoms with van der Waals surface area (Å²) in [6, 6.07) is 17.4. The quantitative estimate of drug-likeness (QED) is 0.768. The van der Waals surface area contributed by atoms with Gasteiger partial charge in [-0.3, -0.25) is 9.89 Å². The van der Waals surface area contributed by atoms with Crippen LogP contribution in [0.1, 0.15) is 15.9 Å². The molecule has 104 valence electrons. The number of rotatable bonds is 3. The van der Waals surface area contributed by atoms with Gasteiger partial charge in [0.15, 0.2) is 0 Å². The SMILES string of the molecule is Cc1ccccc1NC(=O)c1cn[nH]c1-c1ccccc1. The number of H-pyrrole nitrogens is 1. The van der Waals surface area contributed by atoms with Crippen molar-refractivity contribution < 1.29 is 4.79 Å². The molecule has 0 radical (unpaired) electrons. The number of anilines is 1. The lowest BCUT2D eigenvalue weighted by atomic mass is 10.1. The standard InChI is InChI=1S/C17H15N3O/c1-12-7-5-6-10-15(12)19-17(21)14-11-18-20-16(14)13-8-3-2-4-9-13/h2-11H,1H3,(H,18,20)(H,19,21). The minimum absolute atomic E-state index is 0.170. The lowest BCUT2D eigenvalue weighted by molar-refractivity contribution is 0.102. The zero-order chi connectivity index (χ0) is 14.7. The first-order valence-electron chi connectivity index (χ1n) is 6.71. The lowest BCUT2D eigenvalue weighted by Gasteiger charge is -2.08. The van der Waals surface area contributed by atoms with Gasteiger partial charge in [0.25, 0.3) is 5.91 Å². The average molecular weight is 277 g/mol. The lowest BCUT2D eigenvalue weighted by Crippen LogP contribution is -2.13. The highest BCUT2D eigenvalue weighted by Crippen LogP contribution is 2.22. The van der Waals surface area contributed by atoms with Crippen molar-refractivity contribution in [3.63, 3.8) is 0 Å². The van der Waals surface area contributed by atoms with Crippen LogP contribution in [0.15, 0.2) is 60.8 Å². The molecular formula is C17H15N3O. The molecule has 2 aromatic carbocycles. The summed E-state index contributed by atoms with van der Waals surface area (Å²) < 4.78 is 0. The van der Waals surface area contributed by atoms with Crippen molar-refractivity contribution in [1.29, 1.82) is 0 Å². The smallest absolute Gasteiger partial charge is 0.259 e. The van der Waals surface area contributed by atoms with E-state index < -0.39 is 0 Å². The van der Waals surface area contributed by atoms with Crippen LogP contribution in [0.25, 0.3) is 11.3 Å². The number of benzene rings is 2. The molecule has 2 N–H and O–H groups in total. The Balaban J connectivity index is 1.90. The molecule has 4 heteroatoms. The van der Waals surface area contributed by atoms with E-state index in [1.807, 2.05) is 61.5 Å². The maximum absolute atomic E-state index is 12.5. The van der Waals surface area contributed by atoms with Gasteiger partial charge < -0.3 is 5.32 Å². The van der Waals surface area contributed by atoms with E-state index in [2.05, 4.69) is 15.5 Å². The molecule has 21 heavy (non-hydrogen) atoms. The third kappa shape index (κ3) is 2.69. The fourth-order valence-corrected chi connectivity index (χ4v) is 2.19. The molecule has 1 amide bonds. The molecule has 1 aromatic heterocycles. The Morgan fingerprint density at radius 3 is 2.52 bits per heavy atom. The van der Waals surface area contributed by atoms with Gasteiger partial charge in [0.2, 0.25) is 0 Å². The Morgan fingerprint density at radius 1 is 1.05 bits per heavy atom. The number of hydrogen-bond donors (Lipinski definition) is 2. The van der Waals surface area contributed by atoms with E-state index in [0.717, 1.165) is 22.5 Å². The third-order valence-electron chi connectivity index (χ3n) is 3.34. The van der Waals surface area contributed by atoms with Gasteiger partial charge in [-0.15, -0.1) is 0 Å². The summed E-state index contributed by atoms with van der Waals surface area (Å²) in [5, 5.41) is 9.81. The molecule has 0 saturated carbocycles. The average Bonchev–Trinajstić information content (AvgIpc) is 3.00. The highest BCUT2D eigenvalue weighted by molar-refractivity contribution is 6.08. The van der Waals surface area contributed by atoms with Gasteiger partial charge in [0, 0.05) is 11.3 Å². The van der Waals surface area contributed by atoms with Gasteiger partial charge in [-0.1, -0.05) is 48.5 Å². The predicted octanol–water partition coefficient (Wildman–Crippen LogP) is 3.64. The highest BCUT2D eigenvalue weighted by atomic mass is 16.1. The van der Waals surface area contributed by atoms with Crippen molar-refractivity contribution in [3.8, 4) is 11.3 Å². The molecule has 3 rings (SSSR count). The van der Waals surface area contributed by atoms with Crippen LogP contribution in [0.2, 0.25) is 0 Å². The van der Waals surface area contributed by atoms with Gasteiger partial charge in [0.05, 0.1) is 17.5 Å². The zero-order valence-corrected chi connectivity index (χ0v) is 11.6. The summed E-state index contributed by atoms with van der Waals surface area (Å²) in [7, 11) is 0. The molecule has 0 aliphatic carbocycles. The van der Waals surface area contributed by atoms with E-state index in [1.54, 1.807) is 6.20 Å². The van der Waals surface area contributed by atoms with Crippen molar-refractivity contribution >= 4 is 11.6 Å². The van der Waals surface area contributed by atoms with Crippen molar-refractivity contribution in [1.82, 2.24) is 10.2 Å². The molecule has 0 fully saturated rings. The van der Waals surface area contributed by atoms with E-state index in [1.165, 1.54) is 0 Å². The number of aromatic nitrogens is 2. The van der Waals surface area contributed by atoms with E-state index >= 15 is 0 Å². The van der Waals surface area contributed by atoms with Crippen LogP contribution in [0.5, 0.6) is 0 Å². The fourth-order valence-electron chi connectivity index (χ4n) is 2.19. The number of nitrogens with zero attached hydrogens (tertiary/aromatic N) is 1. The largest absolute Gasteiger partial charge is 0.322 e. The number of carbonyl (C=O) groups is 1.